The zero-order valence-electron chi connectivity index (χ0n) is 10.7. The van der Waals surface area contributed by atoms with Gasteiger partial charge in [-0.2, -0.15) is 0 Å². The molecule has 0 amide bonds. The number of hydrogen-bond acceptors (Lipinski definition) is 5. The van der Waals surface area contributed by atoms with Crippen LogP contribution in [-0.2, 0) is 9.84 Å². The fourth-order valence-electron chi connectivity index (χ4n) is 2.27. The molecule has 1 saturated heterocycles. The van der Waals surface area contributed by atoms with E-state index in [0.717, 1.165) is 19.5 Å². The number of likely N-dealkylation sites (N-methyl/N-ethyl adjacent to an activating group) is 1. The molecule has 18 heavy (non-hydrogen) atoms. The van der Waals surface area contributed by atoms with Crippen molar-refractivity contribution in [1.82, 2.24) is 4.90 Å². The van der Waals surface area contributed by atoms with Gasteiger partial charge in [0.1, 0.15) is 0 Å². The summed E-state index contributed by atoms with van der Waals surface area (Å²) in [5.74, 6) is 0. The first-order chi connectivity index (χ1) is 8.38. The zero-order valence-corrected chi connectivity index (χ0v) is 11.5. The topological polar surface area (TPSA) is 75.4 Å². The first-order valence-electron chi connectivity index (χ1n) is 5.91. The summed E-state index contributed by atoms with van der Waals surface area (Å²) < 4.78 is 23.2. The lowest BCUT2D eigenvalue weighted by Gasteiger charge is -2.17. The summed E-state index contributed by atoms with van der Waals surface area (Å²) in [6.45, 7) is 1.99. The number of sulfone groups is 1. The summed E-state index contributed by atoms with van der Waals surface area (Å²) in [7, 11) is -1.21. The molecule has 0 bridgehead atoms. The van der Waals surface area contributed by atoms with Crippen molar-refractivity contribution < 1.29 is 8.42 Å². The zero-order chi connectivity index (χ0) is 13.3. The van der Waals surface area contributed by atoms with Crippen molar-refractivity contribution in [3.63, 3.8) is 0 Å². The van der Waals surface area contributed by atoms with Crippen LogP contribution < -0.4 is 11.1 Å². The van der Waals surface area contributed by atoms with Gasteiger partial charge in [0.05, 0.1) is 16.3 Å². The van der Waals surface area contributed by atoms with E-state index in [0.29, 0.717) is 17.4 Å². The normalized spacial score (nSPS) is 21.1. The van der Waals surface area contributed by atoms with Crippen LogP contribution in [0, 0.1) is 0 Å². The van der Waals surface area contributed by atoms with Crippen molar-refractivity contribution in [3.05, 3.63) is 18.2 Å². The van der Waals surface area contributed by atoms with Gasteiger partial charge in [-0.1, -0.05) is 6.07 Å². The number of nitrogens with two attached hydrogens (primary N) is 1. The van der Waals surface area contributed by atoms with Gasteiger partial charge >= 0.3 is 0 Å². The molecule has 0 aliphatic carbocycles. The lowest BCUT2D eigenvalue weighted by molar-refractivity contribution is 0.414. The van der Waals surface area contributed by atoms with Crippen LogP contribution in [0.2, 0.25) is 0 Å². The van der Waals surface area contributed by atoms with E-state index in [4.69, 9.17) is 5.73 Å². The molecule has 0 saturated carbocycles. The third kappa shape index (κ3) is 2.76. The molecule has 1 aliphatic rings. The SMILES string of the molecule is CN1CCC(Nc2cccc(S(C)(=O)=O)c2N)C1. The lowest BCUT2D eigenvalue weighted by Crippen LogP contribution is -2.24. The van der Waals surface area contributed by atoms with Gasteiger partial charge in [-0.15, -0.1) is 0 Å². The first kappa shape index (κ1) is 13.2. The summed E-state index contributed by atoms with van der Waals surface area (Å²) in [6, 6.07) is 5.40. The number of likely N-dealkylation sites (tertiary alicyclic amines) is 1. The molecule has 1 atom stereocenters. The van der Waals surface area contributed by atoms with Crippen LogP contribution in [-0.4, -0.2) is 45.8 Å². The smallest absolute Gasteiger partial charge is 0.177 e. The van der Waals surface area contributed by atoms with Crippen LogP contribution >= 0.6 is 0 Å². The second kappa shape index (κ2) is 4.78. The molecule has 1 aromatic rings. The van der Waals surface area contributed by atoms with Crippen molar-refractivity contribution in [1.29, 1.82) is 0 Å². The molecule has 1 fully saturated rings. The Morgan fingerprint density at radius 3 is 2.72 bits per heavy atom. The molecule has 3 N–H and O–H groups in total. The Labute approximate surface area is 108 Å². The maximum absolute atomic E-state index is 11.6. The van der Waals surface area contributed by atoms with Gasteiger partial charge in [0.15, 0.2) is 9.84 Å². The number of nitrogens with zero attached hydrogens (tertiary/aromatic N) is 1. The van der Waals surface area contributed by atoms with Crippen LogP contribution in [0.5, 0.6) is 0 Å². The molecule has 0 radical (unpaired) electrons. The number of anilines is 2. The highest BCUT2D eigenvalue weighted by molar-refractivity contribution is 7.90. The minimum absolute atomic E-state index is 0.193. The number of nitrogen functional groups attached to an aromatic ring is 1. The number of benzene rings is 1. The van der Waals surface area contributed by atoms with Crippen molar-refractivity contribution in [2.45, 2.75) is 17.4 Å². The number of hydrogen-bond donors (Lipinski definition) is 2. The minimum atomic E-state index is -3.28. The second-order valence-corrected chi connectivity index (χ2v) is 6.87. The van der Waals surface area contributed by atoms with Crippen LogP contribution in [0.15, 0.2) is 23.1 Å². The molecule has 6 heteroatoms. The largest absolute Gasteiger partial charge is 0.396 e. The predicted molar refractivity (Wildman–Crippen MR) is 73.5 cm³/mol. The van der Waals surface area contributed by atoms with Gasteiger partial charge in [0.25, 0.3) is 0 Å². The van der Waals surface area contributed by atoms with Crippen molar-refractivity contribution >= 4 is 21.2 Å². The third-order valence-corrected chi connectivity index (χ3v) is 4.37. The van der Waals surface area contributed by atoms with E-state index in [-0.39, 0.29) is 4.90 Å². The van der Waals surface area contributed by atoms with E-state index < -0.39 is 9.84 Å². The highest BCUT2D eigenvalue weighted by atomic mass is 32.2. The number of rotatable bonds is 3. The van der Waals surface area contributed by atoms with E-state index in [2.05, 4.69) is 17.3 Å². The fourth-order valence-corrected chi connectivity index (χ4v) is 3.10. The average molecular weight is 269 g/mol. The second-order valence-electron chi connectivity index (χ2n) is 4.88. The highest BCUT2D eigenvalue weighted by Gasteiger charge is 2.21. The summed E-state index contributed by atoms with van der Waals surface area (Å²) in [5, 5.41) is 3.32. The van der Waals surface area contributed by atoms with E-state index in [1.807, 2.05) is 6.07 Å². The highest BCUT2D eigenvalue weighted by Crippen LogP contribution is 2.28. The van der Waals surface area contributed by atoms with Crippen LogP contribution in [0.3, 0.4) is 0 Å². The average Bonchev–Trinajstić information content (AvgIpc) is 2.65. The maximum atomic E-state index is 11.6. The van der Waals surface area contributed by atoms with Gasteiger partial charge in [0.2, 0.25) is 0 Å². The summed E-state index contributed by atoms with van der Waals surface area (Å²) in [5.41, 5.74) is 6.95. The molecule has 5 nitrogen and oxygen atoms in total. The standard InChI is InChI=1S/C12H19N3O2S/c1-15-7-6-9(8-15)14-10-4-3-5-11(12(10)13)18(2,16)17/h3-5,9,14H,6-8,13H2,1-2H3. The first-order valence-corrected chi connectivity index (χ1v) is 7.80. The van der Waals surface area contributed by atoms with Crippen molar-refractivity contribution in [2.75, 3.05) is 37.4 Å². The van der Waals surface area contributed by atoms with Gasteiger partial charge in [-0.25, -0.2) is 8.42 Å². The Morgan fingerprint density at radius 2 is 2.17 bits per heavy atom. The van der Waals surface area contributed by atoms with E-state index in [1.165, 1.54) is 12.3 Å². The molecule has 100 valence electrons. The maximum Gasteiger partial charge on any atom is 0.177 e. The molecule has 1 aromatic carbocycles. The summed E-state index contributed by atoms with van der Waals surface area (Å²) in [6.07, 6.45) is 2.21. The molecule has 2 rings (SSSR count). The Hall–Kier alpha value is -1.27. The van der Waals surface area contributed by atoms with Crippen molar-refractivity contribution in [2.24, 2.45) is 0 Å². The molecule has 1 aliphatic heterocycles. The molecule has 1 heterocycles. The monoisotopic (exact) mass is 269 g/mol. The van der Waals surface area contributed by atoms with Gasteiger partial charge in [0, 0.05) is 18.8 Å². The number of para-hydroxylation sites is 1. The Balaban J connectivity index is 2.24. The van der Waals surface area contributed by atoms with Crippen LogP contribution in [0.25, 0.3) is 0 Å². The summed E-state index contributed by atoms with van der Waals surface area (Å²) >= 11 is 0. The minimum Gasteiger partial charge on any atom is -0.396 e. The Kier molecular flexibility index (Phi) is 3.49. The van der Waals surface area contributed by atoms with Gasteiger partial charge in [-0.05, 0) is 32.1 Å². The molecule has 0 aromatic heterocycles. The van der Waals surface area contributed by atoms with Crippen molar-refractivity contribution in [3.8, 4) is 0 Å². The van der Waals surface area contributed by atoms with E-state index in [1.54, 1.807) is 6.07 Å². The Bertz CT molecular complexity index is 542. The van der Waals surface area contributed by atoms with Crippen LogP contribution in [0.1, 0.15) is 6.42 Å². The molecular formula is C12H19N3O2S. The molecule has 1 unspecified atom stereocenters. The fraction of sp³-hybridized carbons (Fsp3) is 0.500. The lowest BCUT2D eigenvalue weighted by atomic mass is 10.2. The van der Waals surface area contributed by atoms with Crippen LogP contribution in [0.4, 0.5) is 11.4 Å². The third-order valence-electron chi connectivity index (χ3n) is 3.22. The number of nitrogens with one attached hydrogen (secondary N) is 1. The molecule has 0 spiro atoms. The quantitative estimate of drug-likeness (QED) is 0.793. The van der Waals surface area contributed by atoms with E-state index >= 15 is 0 Å². The van der Waals surface area contributed by atoms with Gasteiger partial charge < -0.3 is 16.0 Å². The predicted octanol–water partition coefficient (Wildman–Crippen LogP) is 0.788. The Morgan fingerprint density at radius 1 is 1.44 bits per heavy atom. The molecular weight excluding hydrogens is 250 g/mol. The van der Waals surface area contributed by atoms with Gasteiger partial charge in [-0.3, -0.25) is 0 Å². The summed E-state index contributed by atoms with van der Waals surface area (Å²) in [4.78, 5) is 2.42. The van der Waals surface area contributed by atoms with E-state index in [9.17, 15) is 8.42 Å².